The zero-order valence-corrected chi connectivity index (χ0v) is 28.0. The number of hydrogen-bond acceptors (Lipinski definition) is 10. The van der Waals surface area contributed by atoms with Crippen LogP contribution in [0.15, 0.2) is 30.3 Å². The quantitative estimate of drug-likeness (QED) is 0.240. The van der Waals surface area contributed by atoms with E-state index in [9.17, 15) is 9.90 Å². The van der Waals surface area contributed by atoms with E-state index in [0.29, 0.717) is 34.5 Å². The van der Waals surface area contributed by atoms with E-state index in [1.54, 1.807) is 6.07 Å². The van der Waals surface area contributed by atoms with Crippen molar-refractivity contribution in [3.63, 3.8) is 0 Å². The van der Waals surface area contributed by atoms with Crippen molar-refractivity contribution in [1.82, 2.24) is 19.9 Å². The summed E-state index contributed by atoms with van der Waals surface area (Å²) in [5, 5.41) is 13.6. The Morgan fingerprint density at radius 2 is 1.84 bits per heavy atom. The number of amides is 1. The fraction of sp³-hybridized carbons (Fsp3) is 0.581. The van der Waals surface area contributed by atoms with E-state index in [2.05, 4.69) is 42.0 Å². The molecule has 6 rings (SSSR count). The molecule has 0 radical (unpaired) electrons. The second kappa shape index (κ2) is 13.4. The van der Waals surface area contributed by atoms with Gasteiger partial charge in [-0.2, -0.15) is 4.98 Å². The lowest BCUT2D eigenvalue weighted by Gasteiger charge is -2.33. The lowest BCUT2D eigenvalue weighted by Crippen LogP contribution is -2.44. The number of nitrogens with one attached hydrogen (secondary N) is 1. The van der Waals surface area contributed by atoms with Gasteiger partial charge in [-0.3, -0.25) is 4.57 Å². The van der Waals surface area contributed by atoms with E-state index in [1.165, 1.54) is 7.11 Å². The molecule has 0 saturated carbocycles. The number of fused-ring (bicyclic) bond motifs is 2. The molecule has 2 aromatic heterocycles. The van der Waals surface area contributed by atoms with Gasteiger partial charge in [-0.05, 0) is 37.1 Å². The van der Waals surface area contributed by atoms with Crippen LogP contribution in [0.2, 0.25) is 30.7 Å². The molecule has 12 nitrogen and oxygen atoms in total. The minimum atomic E-state index is -1.28. The highest BCUT2D eigenvalue weighted by Gasteiger charge is 2.49. The summed E-state index contributed by atoms with van der Waals surface area (Å²) in [7, 11) is 0.0984. The van der Waals surface area contributed by atoms with E-state index >= 15 is 0 Å². The van der Waals surface area contributed by atoms with E-state index in [1.807, 2.05) is 16.7 Å². The van der Waals surface area contributed by atoms with Crippen LogP contribution in [0.5, 0.6) is 6.01 Å². The minimum Gasteiger partial charge on any atom is -0.456 e. The summed E-state index contributed by atoms with van der Waals surface area (Å²) in [5.41, 5.74) is 3.81. The standard InChI is InChI=1S/C31H42ClN5O7Si/c1-40-31(39)33-20-9-11-36(12-10-20)21-7-5-19(6-8-21)26-22(32)15-23-29(35-26)37(18-41-13-14-45(2,3)4)30(34-23)44-25-17-43-27-24(38)16-42-28(25)27/h5-8,15,20,24-25,27-28,38H,9-14,16-18H2,1-4H3,(H,33,39)/t24-,25-,27-,28-/m1/s1. The molecule has 0 unspecified atom stereocenters. The zero-order valence-electron chi connectivity index (χ0n) is 26.2. The monoisotopic (exact) mass is 659 g/mol. The first-order chi connectivity index (χ1) is 21.6. The average molecular weight is 660 g/mol. The number of pyridine rings is 1. The second-order valence-corrected chi connectivity index (χ2v) is 19.1. The molecule has 0 aliphatic carbocycles. The Bertz CT molecular complexity index is 1490. The third kappa shape index (κ3) is 7.23. The molecule has 3 fully saturated rings. The molecular formula is C31H42ClN5O7Si. The van der Waals surface area contributed by atoms with Crippen molar-refractivity contribution in [3.05, 3.63) is 35.4 Å². The molecule has 4 atom stereocenters. The Kier molecular flexibility index (Phi) is 9.55. The lowest BCUT2D eigenvalue weighted by atomic mass is 10.0. The SMILES string of the molecule is COC(=O)NC1CCN(c2ccc(-c3nc4c(cc3Cl)nc(O[C@@H]3CO[C@H]5[C@@H]3OC[C@H]5O)n4COCC[Si](C)(C)C)cc2)CC1. The number of carbonyl (C=O) groups is 1. The summed E-state index contributed by atoms with van der Waals surface area (Å²) in [5.74, 6) is 0. The lowest BCUT2D eigenvalue weighted by molar-refractivity contribution is 0.00336. The number of rotatable bonds is 10. The van der Waals surface area contributed by atoms with Gasteiger partial charge >= 0.3 is 12.1 Å². The maximum atomic E-state index is 11.6. The van der Waals surface area contributed by atoms with Crippen molar-refractivity contribution in [3.8, 4) is 17.3 Å². The van der Waals surface area contributed by atoms with Gasteiger partial charge in [0.2, 0.25) is 0 Å². The number of aromatic nitrogens is 3. The number of anilines is 1. The van der Waals surface area contributed by atoms with Gasteiger partial charge in [0.15, 0.2) is 11.8 Å². The van der Waals surface area contributed by atoms with E-state index in [-0.39, 0.29) is 38.2 Å². The van der Waals surface area contributed by atoms with Crippen molar-refractivity contribution in [1.29, 1.82) is 0 Å². The summed E-state index contributed by atoms with van der Waals surface area (Å²) < 4.78 is 30.6. The van der Waals surface area contributed by atoms with Gasteiger partial charge in [-0.1, -0.05) is 43.4 Å². The molecular weight excluding hydrogens is 618 g/mol. The number of hydrogen-bond donors (Lipinski definition) is 2. The van der Waals surface area contributed by atoms with Crippen LogP contribution in [0.25, 0.3) is 22.4 Å². The fourth-order valence-electron chi connectivity index (χ4n) is 5.97. The summed E-state index contributed by atoms with van der Waals surface area (Å²) >= 11 is 6.79. The Balaban J connectivity index is 1.22. The van der Waals surface area contributed by atoms with Gasteiger partial charge in [0.25, 0.3) is 0 Å². The molecule has 3 aliphatic heterocycles. The molecule has 244 valence electrons. The largest absolute Gasteiger partial charge is 0.456 e. The predicted molar refractivity (Wildman–Crippen MR) is 173 cm³/mol. The number of nitrogens with zero attached hydrogens (tertiary/aromatic N) is 4. The van der Waals surface area contributed by atoms with Gasteiger partial charge in [-0.15, -0.1) is 0 Å². The van der Waals surface area contributed by atoms with Crippen LogP contribution >= 0.6 is 11.6 Å². The molecule has 14 heteroatoms. The highest BCUT2D eigenvalue weighted by Crippen LogP contribution is 2.35. The van der Waals surface area contributed by atoms with Gasteiger partial charge in [-0.25, -0.2) is 9.78 Å². The Morgan fingerprint density at radius 3 is 2.56 bits per heavy atom. The first-order valence-corrected chi connectivity index (χ1v) is 19.6. The van der Waals surface area contributed by atoms with Crippen molar-refractivity contribution in [2.75, 3.05) is 44.9 Å². The predicted octanol–water partition coefficient (Wildman–Crippen LogP) is 4.29. The van der Waals surface area contributed by atoms with Crippen molar-refractivity contribution < 1.29 is 33.6 Å². The van der Waals surface area contributed by atoms with E-state index in [4.69, 9.17) is 45.3 Å². The zero-order chi connectivity index (χ0) is 31.7. The van der Waals surface area contributed by atoms with E-state index in [0.717, 1.165) is 43.2 Å². The molecule has 3 saturated heterocycles. The number of alkyl carbamates (subject to hydrolysis) is 1. The summed E-state index contributed by atoms with van der Waals surface area (Å²) in [6, 6.07) is 11.5. The molecule has 45 heavy (non-hydrogen) atoms. The number of benzene rings is 1. The van der Waals surface area contributed by atoms with Gasteiger partial charge in [0.1, 0.15) is 30.6 Å². The molecule has 2 N–H and O–H groups in total. The maximum absolute atomic E-state index is 11.6. The molecule has 3 aliphatic rings. The Morgan fingerprint density at radius 1 is 1.11 bits per heavy atom. The molecule has 1 aromatic carbocycles. The van der Waals surface area contributed by atoms with Gasteiger partial charge in [0, 0.05) is 45.1 Å². The average Bonchev–Trinajstić information content (AvgIpc) is 3.69. The van der Waals surface area contributed by atoms with Gasteiger partial charge < -0.3 is 39.0 Å². The highest BCUT2D eigenvalue weighted by atomic mass is 35.5. The number of ether oxygens (including phenoxy) is 5. The van der Waals surface area contributed by atoms with Crippen LogP contribution in [0.4, 0.5) is 10.5 Å². The molecule has 5 heterocycles. The van der Waals surface area contributed by atoms with E-state index < -0.39 is 26.4 Å². The number of halogens is 1. The van der Waals surface area contributed by atoms with Crippen LogP contribution in [0.3, 0.4) is 0 Å². The summed E-state index contributed by atoms with van der Waals surface area (Å²) in [6.07, 6.45) is -0.577. The Hall–Kier alpha value is -2.94. The first kappa shape index (κ1) is 32.0. The third-order valence-electron chi connectivity index (χ3n) is 8.60. The van der Waals surface area contributed by atoms with Crippen LogP contribution in [-0.2, 0) is 25.7 Å². The number of carbonyl (C=O) groups excluding carboxylic acids is 1. The Labute approximate surface area is 268 Å². The topological polar surface area (TPSA) is 129 Å². The molecule has 0 spiro atoms. The van der Waals surface area contributed by atoms with Crippen LogP contribution in [0.1, 0.15) is 12.8 Å². The highest BCUT2D eigenvalue weighted by molar-refractivity contribution is 6.76. The molecule has 0 bridgehead atoms. The normalized spacial score (nSPS) is 23.8. The van der Waals surface area contributed by atoms with Crippen LogP contribution in [0, 0.1) is 0 Å². The fourth-order valence-corrected chi connectivity index (χ4v) is 6.98. The minimum absolute atomic E-state index is 0.112. The van der Waals surface area contributed by atoms with Crippen molar-refractivity contribution in [2.24, 2.45) is 0 Å². The van der Waals surface area contributed by atoms with Crippen molar-refractivity contribution >= 4 is 42.6 Å². The number of aliphatic hydroxyl groups is 1. The number of methoxy groups -OCH3 is 1. The molecule has 3 aromatic rings. The number of imidazole rings is 1. The number of piperidine rings is 1. The summed E-state index contributed by atoms with van der Waals surface area (Å²) in [6.45, 7) is 9.95. The van der Waals surface area contributed by atoms with Crippen LogP contribution in [-0.4, -0.2) is 104 Å². The van der Waals surface area contributed by atoms with Gasteiger partial charge in [0.05, 0.1) is 31.0 Å². The third-order valence-corrected chi connectivity index (χ3v) is 10.6. The number of aliphatic hydroxyl groups excluding tert-OH is 1. The van der Waals surface area contributed by atoms with Crippen molar-refractivity contribution in [2.45, 2.75) is 75.7 Å². The second-order valence-electron chi connectivity index (χ2n) is 13.1. The molecule has 1 amide bonds. The smallest absolute Gasteiger partial charge is 0.407 e. The maximum Gasteiger partial charge on any atom is 0.407 e. The summed E-state index contributed by atoms with van der Waals surface area (Å²) in [4.78, 5) is 23.6. The van der Waals surface area contributed by atoms with Crippen LogP contribution < -0.4 is 15.0 Å². The first-order valence-electron chi connectivity index (χ1n) is 15.5.